The van der Waals surface area contributed by atoms with Gasteiger partial charge in [0, 0.05) is 4.47 Å². The molecule has 0 fully saturated rings. The summed E-state index contributed by atoms with van der Waals surface area (Å²) >= 11 is 6.27. The zero-order valence-corrected chi connectivity index (χ0v) is 15.7. The van der Waals surface area contributed by atoms with Crippen molar-refractivity contribution in [3.63, 3.8) is 0 Å². The summed E-state index contributed by atoms with van der Waals surface area (Å²) in [6.45, 7) is 5.61. The number of halogens is 5. The molecule has 1 rings (SSSR count). The largest absolute Gasteiger partial charge is 0.534 e. The molecular weight excluding hydrogens is 445 g/mol. The van der Waals surface area contributed by atoms with Crippen molar-refractivity contribution >= 4 is 55.2 Å². The molecule has 10 heteroatoms. The van der Waals surface area contributed by atoms with Crippen LogP contribution < -0.4 is 9.37 Å². The molecule has 114 valence electrons. The van der Waals surface area contributed by atoms with E-state index in [1.165, 1.54) is 6.07 Å². The van der Waals surface area contributed by atoms with E-state index in [1.54, 1.807) is 6.07 Å². The van der Waals surface area contributed by atoms with Crippen molar-refractivity contribution in [1.29, 1.82) is 0 Å². The summed E-state index contributed by atoms with van der Waals surface area (Å²) < 4.78 is 64.7. The zero-order valence-electron chi connectivity index (χ0n) is 10.7. The van der Waals surface area contributed by atoms with Crippen LogP contribution in [-0.4, -0.2) is 22.0 Å². The minimum Gasteiger partial charge on any atom is -0.375 e. The second-order valence-corrected chi connectivity index (χ2v) is 13.3. The van der Waals surface area contributed by atoms with Crippen LogP contribution in [0.4, 0.5) is 13.2 Å². The quantitative estimate of drug-likeness (QED) is 0.393. The third kappa shape index (κ3) is 3.98. The van der Waals surface area contributed by atoms with Crippen LogP contribution in [0, 0.1) is 0 Å². The fourth-order valence-corrected chi connectivity index (χ4v) is 5.19. The second-order valence-electron chi connectivity index (χ2n) is 5.00. The first-order valence-corrected chi connectivity index (χ1v) is 11.8. The molecule has 0 heterocycles. The summed E-state index contributed by atoms with van der Waals surface area (Å²) in [6, 6.07) is 3.02. The minimum absolute atomic E-state index is 0.150. The molecule has 20 heavy (non-hydrogen) atoms. The lowest BCUT2D eigenvalue weighted by Gasteiger charge is -2.22. The third-order valence-corrected chi connectivity index (χ3v) is 6.28. The summed E-state index contributed by atoms with van der Waals surface area (Å²) in [5, 5.41) is 0.464. The molecule has 0 radical (unpaired) electrons. The van der Waals surface area contributed by atoms with Crippen LogP contribution in [0.15, 0.2) is 21.1 Å². The Hall–Kier alpha value is -0.0631. The minimum atomic E-state index is -5.69. The van der Waals surface area contributed by atoms with Crippen LogP contribution in [0.5, 0.6) is 5.75 Å². The second kappa shape index (κ2) is 5.62. The van der Waals surface area contributed by atoms with E-state index < -0.39 is 23.7 Å². The topological polar surface area (TPSA) is 43.4 Å². The summed E-state index contributed by atoms with van der Waals surface area (Å²) in [5.41, 5.74) is -5.46. The van der Waals surface area contributed by atoms with Gasteiger partial charge in [-0.25, -0.2) is 0 Å². The number of alkyl halides is 3. The number of benzene rings is 1. The predicted molar refractivity (Wildman–Crippen MR) is 80.4 cm³/mol. The number of hydrogen-bond donors (Lipinski definition) is 0. The maximum atomic E-state index is 12.4. The van der Waals surface area contributed by atoms with E-state index in [2.05, 4.69) is 36.0 Å². The van der Waals surface area contributed by atoms with E-state index in [1.807, 2.05) is 19.6 Å². The fraction of sp³-hybridized carbons (Fsp3) is 0.400. The average molecular weight is 456 g/mol. The van der Waals surface area contributed by atoms with Crippen molar-refractivity contribution in [2.75, 3.05) is 0 Å². The maximum absolute atomic E-state index is 12.4. The van der Waals surface area contributed by atoms with Crippen molar-refractivity contribution in [1.82, 2.24) is 0 Å². The highest BCUT2D eigenvalue weighted by atomic mass is 79.9. The predicted octanol–water partition coefficient (Wildman–Crippen LogP) is 3.99. The van der Waals surface area contributed by atoms with E-state index in [0.717, 1.165) is 0 Å². The molecule has 0 spiro atoms. The molecule has 0 saturated heterocycles. The van der Waals surface area contributed by atoms with Crippen molar-refractivity contribution in [3.8, 4) is 5.75 Å². The van der Waals surface area contributed by atoms with Crippen LogP contribution in [0.3, 0.4) is 0 Å². The fourth-order valence-electron chi connectivity index (χ4n) is 1.36. The van der Waals surface area contributed by atoms with E-state index in [4.69, 9.17) is 0 Å². The van der Waals surface area contributed by atoms with Crippen LogP contribution >= 0.6 is 31.9 Å². The molecule has 0 N–H and O–H groups in total. The first kappa shape index (κ1) is 18.0. The molecule has 0 aromatic heterocycles. The lowest BCUT2D eigenvalue weighted by Crippen LogP contribution is -2.40. The molecule has 0 bridgehead atoms. The van der Waals surface area contributed by atoms with Crippen LogP contribution in [-0.2, 0) is 10.1 Å². The molecule has 3 nitrogen and oxygen atoms in total. The Labute approximate surface area is 132 Å². The summed E-state index contributed by atoms with van der Waals surface area (Å²) in [7, 11) is -7.81. The van der Waals surface area contributed by atoms with Gasteiger partial charge in [0.25, 0.3) is 0 Å². The van der Waals surface area contributed by atoms with Gasteiger partial charge in [-0.15, -0.1) is 0 Å². The lowest BCUT2D eigenvalue weighted by atomic mass is 10.3. The summed E-state index contributed by atoms with van der Waals surface area (Å²) in [5.74, 6) is -0.301. The van der Waals surface area contributed by atoms with Crippen molar-refractivity contribution in [3.05, 3.63) is 21.1 Å². The first-order valence-electron chi connectivity index (χ1n) is 5.26. The first-order chi connectivity index (χ1) is 8.75. The molecule has 0 aliphatic carbocycles. The Kier molecular flexibility index (Phi) is 5.05. The van der Waals surface area contributed by atoms with E-state index >= 15 is 0 Å². The molecule has 0 saturated carbocycles. The van der Waals surface area contributed by atoms with Gasteiger partial charge in [-0.3, -0.25) is 0 Å². The smallest absolute Gasteiger partial charge is 0.375 e. The van der Waals surface area contributed by atoms with Gasteiger partial charge in [-0.05, 0) is 33.2 Å². The monoisotopic (exact) mass is 454 g/mol. The van der Waals surface area contributed by atoms with Crippen LogP contribution in [0.1, 0.15) is 0 Å². The van der Waals surface area contributed by atoms with Gasteiger partial charge in [0.2, 0.25) is 0 Å². The van der Waals surface area contributed by atoms with E-state index in [9.17, 15) is 21.6 Å². The van der Waals surface area contributed by atoms with Gasteiger partial charge in [0.1, 0.15) is 0 Å². The van der Waals surface area contributed by atoms with Gasteiger partial charge in [-0.2, -0.15) is 21.6 Å². The van der Waals surface area contributed by atoms with Gasteiger partial charge in [-0.1, -0.05) is 35.6 Å². The molecule has 1 aromatic rings. The molecule has 1 aromatic carbocycles. The van der Waals surface area contributed by atoms with Gasteiger partial charge in [0.15, 0.2) is 5.75 Å². The van der Waals surface area contributed by atoms with Crippen molar-refractivity contribution in [2.24, 2.45) is 0 Å². The SMILES string of the molecule is C[Si](C)(C)c1cc(Br)cc(Br)c1OS(=O)(=O)C(F)(F)F. The standard InChI is InChI=1S/C10H11Br2F3O3SSi/c1-20(2,3)8-5-6(11)4-7(12)9(8)18-19(16,17)10(13,14)15/h4-5H,1-3H3. The van der Waals surface area contributed by atoms with Crippen molar-refractivity contribution in [2.45, 2.75) is 25.1 Å². The summed E-state index contributed by atoms with van der Waals surface area (Å²) in [4.78, 5) is 0. The Bertz CT molecular complexity index is 624. The Morgan fingerprint density at radius 3 is 2.05 bits per heavy atom. The van der Waals surface area contributed by atoms with Crippen LogP contribution in [0.25, 0.3) is 0 Å². The normalized spacial score (nSPS) is 13.4. The molecule has 0 aliphatic rings. The van der Waals surface area contributed by atoms with Gasteiger partial charge in [0.05, 0.1) is 12.5 Å². The van der Waals surface area contributed by atoms with E-state index in [0.29, 0.717) is 9.66 Å². The van der Waals surface area contributed by atoms with Crippen molar-refractivity contribution < 1.29 is 25.8 Å². The van der Waals surface area contributed by atoms with Crippen LogP contribution in [0.2, 0.25) is 19.6 Å². The number of rotatable bonds is 3. The Morgan fingerprint density at radius 2 is 1.65 bits per heavy atom. The zero-order chi connectivity index (χ0) is 15.9. The molecule has 0 amide bonds. The molecule has 0 aliphatic heterocycles. The molecule has 0 unspecified atom stereocenters. The number of hydrogen-bond acceptors (Lipinski definition) is 3. The van der Waals surface area contributed by atoms with E-state index in [-0.39, 0.29) is 10.2 Å². The maximum Gasteiger partial charge on any atom is 0.534 e. The van der Waals surface area contributed by atoms with Gasteiger partial charge < -0.3 is 4.18 Å². The van der Waals surface area contributed by atoms with Gasteiger partial charge >= 0.3 is 15.6 Å². The summed E-state index contributed by atoms with van der Waals surface area (Å²) in [6.07, 6.45) is 0. The highest BCUT2D eigenvalue weighted by molar-refractivity contribution is 9.11. The highest BCUT2D eigenvalue weighted by Gasteiger charge is 2.49. The molecule has 0 atom stereocenters. The third-order valence-electron chi connectivity index (χ3n) is 2.29. The highest BCUT2D eigenvalue weighted by Crippen LogP contribution is 2.33. The lowest BCUT2D eigenvalue weighted by molar-refractivity contribution is -0.0499. The molecular formula is C10H11Br2F3O3SSi. The Balaban J connectivity index is 3.47. The average Bonchev–Trinajstić information content (AvgIpc) is 2.18. The Morgan fingerprint density at radius 1 is 1.15 bits per heavy atom.